The number of anilines is 1. The quantitative estimate of drug-likeness (QED) is 0.418. The number of halogens is 1. The van der Waals surface area contributed by atoms with E-state index in [1.807, 2.05) is 24.3 Å². The first-order valence-corrected chi connectivity index (χ1v) is 12.7. The van der Waals surface area contributed by atoms with Crippen LogP contribution in [0.15, 0.2) is 83.8 Å². The standard InChI is InChI=1S/C26H29ClN2O4S/c1-26(2,3)20-12-14-23(15-13-20)33-17-16-28-25(30)19-29(22-9-7-8-21(27)18-22)34(31,32)24-10-5-4-6-11-24/h4-15,18H,16-17,19H2,1-3H3,(H,28,30). The molecule has 3 rings (SSSR count). The fraction of sp³-hybridized carbons (Fsp3) is 0.269. The zero-order valence-corrected chi connectivity index (χ0v) is 21.1. The van der Waals surface area contributed by atoms with Crippen LogP contribution in [0.2, 0.25) is 5.02 Å². The van der Waals surface area contributed by atoms with Crippen LogP contribution in [0.25, 0.3) is 0 Å². The molecule has 0 fully saturated rings. The minimum Gasteiger partial charge on any atom is -0.492 e. The third-order valence-corrected chi connectivity index (χ3v) is 7.15. The van der Waals surface area contributed by atoms with Gasteiger partial charge in [0.15, 0.2) is 0 Å². The van der Waals surface area contributed by atoms with Crippen molar-refractivity contribution in [1.29, 1.82) is 0 Å². The molecule has 0 heterocycles. The maximum Gasteiger partial charge on any atom is 0.264 e. The largest absolute Gasteiger partial charge is 0.492 e. The average molecular weight is 501 g/mol. The Bertz CT molecular complexity index is 1210. The van der Waals surface area contributed by atoms with Gasteiger partial charge >= 0.3 is 0 Å². The van der Waals surface area contributed by atoms with Crippen LogP contribution < -0.4 is 14.4 Å². The zero-order valence-electron chi connectivity index (χ0n) is 19.5. The average Bonchev–Trinajstić information content (AvgIpc) is 2.80. The van der Waals surface area contributed by atoms with Crippen molar-refractivity contribution in [2.45, 2.75) is 31.1 Å². The third-order valence-electron chi connectivity index (χ3n) is 5.13. The van der Waals surface area contributed by atoms with E-state index < -0.39 is 22.5 Å². The first-order valence-electron chi connectivity index (χ1n) is 10.9. The molecule has 3 aromatic carbocycles. The van der Waals surface area contributed by atoms with Gasteiger partial charge in [-0.3, -0.25) is 9.10 Å². The normalized spacial score (nSPS) is 11.6. The van der Waals surface area contributed by atoms with Crippen LogP contribution in [0.5, 0.6) is 5.75 Å². The lowest BCUT2D eigenvalue weighted by Gasteiger charge is -2.24. The van der Waals surface area contributed by atoms with Crippen molar-refractivity contribution in [3.8, 4) is 5.75 Å². The van der Waals surface area contributed by atoms with Gasteiger partial charge in [-0.15, -0.1) is 0 Å². The van der Waals surface area contributed by atoms with Crippen molar-refractivity contribution < 1.29 is 17.9 Å². The van der Waals surface area contributed by atoms with E-state index in [0.717, 1.165) is 4.31 Å². The highest BCUT2D eigenvalue weighted by Gasteiger charge is 2.27. The van der Waals surface area contributed by atoms with E-state index in [4.69, 9.17) is 16.3 Å². The number of ether oxygens (including phenoxy) is 1. The Morgan fingerprint density at radius 1 is 0.971 bits per heavy atom. The first-order chi connectivity index (χ1) is 16.1. The maximum absolute atomic E-state index is 13.3. The number of rotatable bonds is 9. The Kier molecular flexibility index (Phi) is 8.23. The molecule has 0 aliphatic carbocycles. The molecule has 0 spiro atoms. The molecule has 180 valence electrons. The summed E-state index contributed by atoms with van der Waals surface area (Å²) in [6.45, 7) is 6.52. The van der Waals surface area contributed by atoms with Gasteiger partial charge in [-0.05, 0) is 53.4 Å². The number of sulfonamides is 1. The summed E-state index contributed by atoms with van der Waals surface area (Å²) in [4.78, 5) is 12.7. The summed E-state index contributed by atoms with van der Waals surface area (Å²) in [6, 6.07) is 22.2. The Hall–Kier alpha value is -3.03. The van der Waals surface area contributed by atoms with Gasteiger partial charge in [-0.1, -0.05) is 68.8 Å². The molecular weight excluding hydrogens is 472 g/mol. The topological polar surface area (TPSA) is 75.7 Å². The van der Waals surface area contributed by atoms with Crippen molar-refractivity contribution in [3.63, 3.8) is 0 Å². The Morgan fingerprint density at radius 2 is 1.65 bits per heavy atom. The van der Waals surface area contributed by atoms with E-state index in [1.165, 1.54) is 23.8 Å². The highest BCUT2D eigenvalue weighted by molar-refractivity contribution is 7.92. The Balaban J connectivity index is 1.63. The van der Waals surface area contributed by atoms with Crippen molar-refractivity contribution >= 4 is 33.2 Å². The van der Waals surface area contributed by atoms with Gasteiger partial charge in [-0.2, -0.15) is 0 Å². The monoisotopic (exact) mass is 500 g/mol. The van der Waals surface area contributed by atoms with Gasteiger partial charge in [0.2, 0.25) is 5.91 Å². The molecule has 0 bridgehead atoms. The predicted molar refractivity (Wildman–Crippen MR) is 136 cm³/mol. The molecule has 0 aromatic heterocycles. The van der Waals surface area contributed by atoms with Gasteiger partial charge < -0.3 is 10.1 Å². The van der Waals surface area contributed by atoms with Crippen LogP contribution in [0.4, 0.5) is 5.69 Å². The minimum atomic E-state index is -3.97. The number of hydrogen-bond donors (Lipinski definition) is 1. The molecular formula is C26H29ClN2O4S. The third kappa shape index (κ3) is 6.74. The SMILES string of the molecule is CC(C)(C)c1ccc(OCCNC(=O)CN(c2cccc(Cl)c2)S(=O)(=O)c2ccccc2)cc1. The number of benzene rings is 3. The zero-order chi connectivity index (χ0) is 24.8. The molecule has 0 radical (unpaired) electrons. The summed E-state index contributed by atoms with van der Waals surface area (Å²) in [7, 11) is -3.97. The second-order valence-electron chi connectivity index (χ2n) is 8.78. The Labute approximate surface area is 206 Å². The molecule has 1 N–H and O–H groups in total. The summed E-state index contributed by atoms with van der Waals surface area (Å²) in [5.74, 6) is 0.251. The van der Waals surface area contributed by atoms with Crippen molar-refractivity contribution in [1.82, 2.24) is 5.32 Å². The molecule has 6 nitrogen and oxygen atoms in total. The first kappa shape index (κ1) is 25.6. The fourth-order valence-electron chi connectivity index (χ4n) is 3.26. The lowest BCUT2D eigenvalue weighted by atomic mass is 9.87. The minimum absolute atomic E-state index is 0.0570. The van der Waals surface area contributed by atoms with Gasteiger partial charge in [0.25, 0.3) is 10.0 Å². The van der Waals surface area contributed by atoms with E-state index in [9.17, 15) is 13.2 Å². The van der Waals surface area contributed by atoms with Gasteiger partial charge in [0.05, 0.1) is 17.1 Å². The number of amides is 1. The van der Waals surface area contributed by atoms with Crippen LogP contribution in [-0.4, -0.2) is 34.0 Å². The van der Waals surface area contributed by atoms with Crippen molar-refractivity contribution in [2.24, 2.45) is 0 Å². The number of hydrogen-bond acceptors (Lipinski definition) is 4. The number of nitrogens with one attached hydrogen (secondary N) is 1. The molecule has 3 aromatic rings. The van der Waals surface area contributed by atoms with E-state index in [1.54, 1.807) is 36.4 Å². The summed E-state index contributed by atoms with van der Waals surface area (Å²) in [5, 5.41) is 3.10. The summed E-state index contributed by atoms with van der Waals surface area (Å²) >= 11 is 6.08. The predicted octanol–water partition coefficient (Wildman–Crippen LogP) is 5.03. The fourth-order valence-corrected chi connectivity index (χ4v) is 4.88. The number of nitrogens with zero attached hydrogens (tertiary/aromatic N) is 1. The van der Waals surface area contributed by atoms with Crippen molar-refractivity contribution in [3.05, 3.63) is 89.4 Å². The van der Waals surface area contributed by atoms with Crippen LogP contribution in [0, 0.1) is 0 Å². The van der Waals surface area contributed by atoms with E-state index >= 15 is 0 Å². The molecule has 0 aliphatic rings. The molecule has 1 amide bonds. The summed E-state index contributed by atoms with van der Waals surface area (Å²) < 4.78 is 33.3. The van der Waals surface area contributed by atoms with Crippen LogP contribution in [0.1, 0.15) is 26.3 Å². The van der Waals surface area contributed by atoms with Crippen LogP contribution in [-0.2, 0) is 20.2 Å². The van der Waals surface area contributed by atoms with E-state index in [-0.39, 0.29) is 23.5 Å². The van der Waals surface area contributed by atoms with Crippen molar-refractivity contribution in [2.75, 3.05) is 24.0 Å². The Morgan fingerprint density at radius 3 is 2.26 bits per heavy atom. The summed E-state index contributed by atoms with van der Waals surface area (Å²) in [6.07, 6.45) is 0. The smallest absolute Gasteiger partial charge is 0.264 e. The lowest BCUT2D eigenvalue weighted by molar-refractivity contribution is -0.119. The highest BCUT2D eigenvalue weighted by Crippen LogP contribution is 2.26. The lowest BCUT2D eigenvalue weighted by Crippen LogP contribution is -2.41. The molecule has 0 saturated heterocycles. The molecule has 0 unspecified atom stereocenters. The van der Waals surface area contributed by atoms with Crippen LogP contribution >= 0.6 is 11.6 Å². The second-order valence-corrected chi connectivity index (χ2v) is 11.1. The number of carbonyl (C=O) groups is 1. The summed E-state index contributed by atoms with van der Waals surface area (Å²) in [5.41, 5.74) is 1.57. The molecule has 34 heavy (non-hydrogen) atoms. The maximum atomic E-state index is 13.3. The van der Waals surface area contributed by atoms with Gasteiger partial charge in [0.1, 0.15) is 18.9 Å². The molecule has 8 heteroatoms. The number of carbonyl (C=O) groups excluding carboxylic acids is 1. The van der Waals surface area contributed by atoms with Gasteiger partial charge in [0, 0.05) is 5.02 Å². The van der Waals surface area contributed by atoms with Gasteiger partial charge in [-0.25, -0.2) is 8.42 Å². The molecule has 0 atom stereocenters. The molecule has 0 saturated carbocycles. The van der Waals surface area contributed by atoms with E-state index in [2.05, 4.69) is 26.1 Å². The van der Waals surface area contributed by atoms with Crippen LogP contribution in [0.3, 0.4) is 0 Å². The van der Waals surface area contributed by atoms with E-state index in [0.29, 0.717) is 16.5 Å². The molecule has 0 aliphatic heterocycles. The second kappa shape index (κ2) is 10.9. The highest BCUT2D eigenvalue weighted by atomic mass is 35.5.